The summed E-state index contributed by atoms with van der Waals surface area (Å²) in [4.78, 5) is 12.7. The molecule has 0 fully saturated rings. The lowest BCUT2D eigenvalue weighted by Crippen LogP contribution is -2.15. The minimum absolute atomic E-state index is 0.0950. The van der Waals surface area contributed by atoms with E-state index in [0.717, 1.165) is 11.3 Å². The molecule has 1 heterocycles. The fraction of sp³-hybridized carbons (Fsp3) is 0.643. The Hall–Kier alpha value is -0.830. The van der Waals surface area contributed by atoms with Crippen molar-refractivity contribution in [2.75, 3.05) is 6.61 Å². The largest absolute Gasteiger partial charge is 0.465 e. The highest BCUT2D eigenvalue weighted by Crippen LogP contribution is 2.14. The zero-order valence-corrected chi connectivity index (χ0v) is 11.6. The maximum absolute atomic E-state index is 11.6. The molecule has 0 aromatic carbocycles. The minimum Gasteiger partial charge on any atom is -0.465 e. The van der Waals surface area contributed by atoms with Gasteiger partial charge in [0.15, 0.2) is 0 Å². The third-order valence-corrected chi connectivity index (χ3v) is 3.80. The Morgan fingerprint density at radius 3 is 2.88 bits per heavy atom. The average Bonchev–Trinajstić information content (AvgIpc) is 2.82. The van der Waals surface area contributed by atoms with Crippen LogP contribution in [0.2, 0.25) is 0 Å². The molecule has 3 heteroatoms. The summed E-state index contributed by atoms with van der Waals surface area (Å²) in [6.07, 6.45) is 5.11. The van der Waals surface area contributed by atoms with E-state index in [0.29, 0.717) is 18.9 Å². The van der Waals surface area contributed by atoms with Crippen LogP contribution in [0.1, 0.15) is 44.4 Å². The van der Waals surface area contributed by atoms with Crippen molar-refractivity contribution in [1.29, 1.82) is 0 Å². The molecule has 1 aromatic heterocycles. The number of hydrogen-bond donors (Lipinski definition) is 0. The molecule has 0 N–H and O–H groups in total. The standard InChI is InChI=1S/C14H22O2S/c1-3-5-7-12(4-2)11-16-14(15)10-13-8-6-9-17-13/h6,8-9,12H,3-5,7,10-11H2,1-2H3. The van der Waals surface area contributed by atoms with Crippen LogP contribution < -0.4 is 0 Å². The van der Waals surface area contributed by atoms with Crippen LogP contribution in [-0.2, 0) is 16.0 Å². The summed E-state index contributed by atoms with van der Waals surface area (Å²) in [6.45, 7) is 4.93. The second-order valence-corrected chi connectivity index (χ2v) is 5.39. The van der Waals surface area contributed by atoms with Gasteiger partial charge in [-0.25, -0.2) is 0 Å². The van der Waals surface area contributed by atoms with Crippen LogP contribution >= 0.6 is 11.3 Å². The first kappa shape index (κ1) is 14.2. The molecule has 1 atom stereocenters. The zero-order valence-electron chi connectivity index (χ0n) is 10.8. The summed E-state index contributed by atoms with van der Waals surface area (Å²) in [5, 5.41) is 1.98. The molecule has 1 aromatic rings. The van der Waals surface area contributed by atoms with E-state index in [1.54, 1.807) is 11.3 Å². The molecule has 1 unspecified atom stereocenters. The van der Waals surface area contributed by atoms with Crippen LogP contribution in [0.15, 0.2) is 17.5 Å². The topological polar surface area (TPSA) is 26.3 Å². The maximum Gasteiger partial charge on any atom is 0.311 e. The Morgan fingerprint density at radius 1 is 1.47 bits per heavy atom. The van der Waals surface area contributed by atoms with Crippen LogP contribution in [0.3, 0.4) is 0 Å². The number of thiophene rings is 1. The lowest BCUT2D eigenvalue weighted by atomic mass is 10.0. The second-order valence-electron chi connectivity index (χ2n) is 4.36. The minimum atomic E-state index is -0.0950. The Labute approximate surface area is 108 Å². The van der Waals surface area contributed by atoms with Crippen molar-refractivity contribution in [2.45, 2.75) is 46.0 Å². The molecule has 17 heavy (non-hydrogen) atoms. The fourth-order valence-electron chi connectivity index (χ4n) is 1.72. The molecule has 0 aliphatic heterocycles. The molecule has 2 nitrogen and oxygen atoms in total. The smallest absolute Gasteiger partial charge is 0.311 e. The fourth-order valence-corrected chi connectivity index (χ4v) is 2.41. The van der Waals surface area contributed by atoms with Gasteiger partial charge in [0.1, 0.15) is 0 Å². The highest BCUT2D eigenvalue weighted by molar-refractivity contribution is 7.10. The monoisotopic (exact) mass is 254 g/mol. The molecule has 0 aliphatic carbocycles. The molecule has 0 aliphatic rings. The lowest BCUT2D eigenvalue weighted by molar-refractivity contribution is -0.144. The van der Waals surface area contributed by atoms with E-state index in [4.69, 9.17) is 4.74 Å². The van der Waals surface area contributed by atoms with Crippen LogP contribution in [0.5, 0.6) is 0 Å². The third-order valence-electron chi connectivity index (χ3n) is 2.92. The summed E-state index contributed by atoms with van der Waals surface area (Å²) in [6, 6.07) is 3.93. The van der Waals surface area contributed by atoms with Crippen molar-refractivity contribution in [2.24, 2.45) is 5.92 Å². The van der Waals surface area contributed by atoms with E-state index >= 15 is 0 Å². The predicted octanol–water partition coefficient (Wildman–Crippen LogP) is 4.05. The zero-order chi connectivity index (χ0) is 12.5. The molecule has 0 amide bonds. The average molecular weight is 254 g/mol. The van der Waals surface area contributed by atoms with Gasteiger partial charge in [-0.15, -0.1) is 11.3 Å². The van der Waals surface area contributed by atoms with Crippen LogP contribution in [0.25, 0.3) is 0 Å². The Balaban J connectivity index is 2.21. The van der Waals surface area contributed by atoms with Gasteiger partial charge < -0.3 is 4.74 Å². The van der Waals surface area contributed by atoms with Gasteiger partial charge in [-0.05, 0) is 23.8 Å². The molecular weight excluding hydrogens is 232 g/mol. The molecule has 0 saturated carbocycles. The van der Waals surface area contributed by atoms with E-state index in [1.807, 2.05) is 17.5 Å². The summed E-state index contributed by atoms with van der Waals surface area (Å²) in [5.41, 5.74) is 0. The number of hydrogen-bond acceptors (Lipinski definition) is 3. The molecule has 96 valence electrons. The molecule has 0 radical (unpaired) electrons. The normalized spacial score (nSPS) is 12.4. The van der Waals surface area contributed by atoms with E-state index in [-0.39, 0.29) is 5.97 Å². The van der Waals surface area contributed by atoms with Crippen molar-refractivity contribution >= 4 is 17.3 Å². The van der Waals surface area contributed by atoms with Crippen molar-refractivity contribution in [3.63, 3.8) is 0 Å². The number of carbonyl (C=O) groups is 1. The predicted molar refractivity (Wildman–Crippen MR) is 72.3 cm³/mol. The highest BCUT2D eigenvalue weighted by atomic mass is 32.1. The molecule has 0 spiro atoms. The summed E-state index contributed by atoms with van der Waals surface area (Å²) < 4.78 is 5.33. The van der Waals surface area contributed by atoms with Gasteiger partial charge in [-0.1, -0.05) is 39.2 Å². The van der Waals surface area contributed by atoms with Crippen LogP contribution in [0, 0.1) is 5.92 Å². The highest BCUT2D eigenvalue weighted by Gasteiger charge is 2.10. The molecular formula is C14H22O2S. The first-order valence-electron chi connectivity index (χ1n) is 6.44. The van der Waals surface area contributed by atoms with Crippen LogP contribution in [-0.4, -0.2) is 12.6 Å². The quantitative estimate of drug-likeness (QED) is 0.654. The molecule has 0 saturated heterocycles. The maximum atomic E-state index is 11.6. The first-order chi connectivity index (χ1) is 8.26. The number of esters is 1. The first-order valence-corrected chi connectivity index (χ1v) is 7.32. The Kier molecular flexibility index (Phi) is 6.94. The SMILES string of the molecule is CCCCC(CC)COC(=O)Cc1cccs1. The number of ether oxygens (including phenoxy) is 1. The Bertz CT molecular complexity index is 306. The van der Waals surface area contributed by atoms with Gasteiger partial charge in [0.05, 0.1) is 13.0 Å². The van der Waals surface area contributed by atoms with Crippen LogP contribution in [0.4, 0.5) is 0 Å². The van der Waals surface area contributed by atoms with Gasteiger partial charge in [0.25, 0.3) is 0 Å². The van der Waals surface area contributed by atoms with Gasteiger partial charge in [0, 0.05) is 4.88 Å². The van der Waals surface area contributed by atoms with Gasteiger partial charge in [0.2, 0.25) is 0 Å². The molecule has 0 bridgehead atoms. The van der Waals surface area contributed by atoms with E-state index < -0.39 is 0 Å². The summed E-state index contributed by atoms with van der Waals surface area (Å²) >= 11 is 1.60. The number of carbonyl (C=O) groups excluding carboxylic acids is 1. The van der Waals surface area contributed by atoms with Gasteiger partial charge in [-0.2, -0.15) is 0 Å². The third kappa shape index (κ3) is 5.87. The lowest BCUT2D eigenvalue weighted by Gasteiger charge is -2.14. The van der Waals surface area contributed by atoms with Gasteiger partial charge in [-0.3, -0.25) is 4.79 Å². The van der Waals surface area contributed by atoms with E-state index in [9.17, 15) is 4.79 Å². The van der Waals surface area contributed by atoms with E-state index in [2.05, 4.69) is 13.8 Å². The number of unbranched alkanes of at least 4 members (excludes halogenated alkanes) is 1. The van der Waals surface area contributed by atoms with Crippen molar-refractivity contribution in [3.05, 3.63) is 22.4 Å². The van der Waals surface area contributed by atoms with Gasteiger partial charge >= 0.3 is 5.97 Å². The summed E-state index contributed by atoms with van der Waals surface area (Å²) in [5.74, 6) is 0.435. The van der Waals surface area contributed by atoms with Crippen molar-refractivity contribution < 1.29 is 9.53 Å². The molecule has 1 rings (SSSR count). The van der Waals surface area contributed by atoms with E-state index in [1.165, 1.54) is 19.3 Å². The summed E-state index contributed by atoms with van der Waals surface area (Å²) in [7, 11) is 0. The number of rotatable bonds is 8. The van der Waals surface area contributed by atoms with Crippen molar-refractivity contribution in [3.8, 4) is 0 Å². The second kappa shape index (κ2) is 8.29. The van der Waals surface area contributed by atoms with Crippen molar-refractivity contribution in [1.82, 2.24) is 0 Å². The Morgan fingerprint density at radius 2 is 2.29 bits per heavy atom.